The molecule has 0 aliphatic carbocycles. The SMILES string of the molecule is CC(C)OC(=O)[C@H](C)N[P@](=O)(Oc1ccccc1)Oc1nc(OC(C)C)nc(OC(C)C)n1. The minimum Gasteiger partial charge on any atom is -0.462 e. The first-order chi connectivity index (χ1) is 15.5. The van der Waals surface area contributed by atoms with Crippen LogP contribution in [0.3, 0.4) is 0 Å². The normalized spacial score (nSPS) is 14.0. The van der Waals surface area contributed by atoms with E-state index in [0.29, 0.717) is 0 Å². The summed E-state index contributed by atoms with van der Waals surface area (Å²) in [7, 11) is -4.24. The van der Waals surface area contributed by atoms with Crippen LogP contribution in [0.1, 0.15) is 48.5 Å². The molecule has 0 bridgehead atoms. The van der Waals surface area contributed by atoms with E-state index >= 15 is 0 Å². The van der Waals surface area contributed by atoms with Gasteiger partial charge in [-0.25, -0.2) is 4.57 Å². The molecule has 2 rings (SSSR count). The number of hydrogen-bond donors (Lipinski definition) is 1. The summed E-state index contributed by atoms with van der Waals surface area (Å²) in [5.74, 6) is -0.391. The fraction of sp³-hybridized carbons (Fsp3) is 0.524. The molecule has 1 N–H and O–H groups in total. The molecule has 2 atom stereocenters. The molecule has 1 aromatic carbocycles. The Morgan fingerprint density at radius 1 is 0.788 bits per heavy atom. The van der Waals surface area contributed by atoms with Crippen LogP contribution in [0.2, 0.25) is 0 Å². The van der Waals surface area contributed by atoms with Gasteiger partial charge in [-0.15, -0.1) is 15.0 Å². The van der Waals surface area contributed by atoms with Crippen LogP contribution in [0.4, 0.5) is 0 Å². The Labute approximate surface area is 193 Å². The van der Waals surface area contributed by atoms with Crippen molar-refractivity contribution in [1.82, 2.24) is 20.0 Å². The largest absolute Gasteiger partial charge is 0.516 e. The second-order valence-corrected chi connectivity index (χ2v) is 9.46. The quantitative estimate of drug-likeness (QED) is 0.348. The van der Waals surface area contributed by atoms with E-state index in [4.69, 9.17) is 23.3 Å². The Morgan fingerprint density at radius 3 is 1.79 bits per heavy atom. The number of carbonyl (C=O) groups excluding carboxylic acids is 1. The molecular weight excluding hydrogens is 451 g/mol. The van der Waals surface area contributed by atoms with Crippen molar-refractivity contribution in [3.63, 3.8) is 0 Å². The van der Waals surface area contributed by atoms with E-state index in [-0.39, 0.29) is 42.1 Å². The summed E-state index contributed by atoms with van der Waals surface area (Å²) in [6.07, 6.45) is -0.848. The van der Waals surface area contributed by atoms with E-state index in [2.05, 4.69) is 20.0 Å². The number of aromatic nitrogens is 3. The smallest absolute Gasteiger partial charge is 0.462 e. The predicted molar refractivity (Wildman–Crippen MR) is 120 cm³/mol. The van der Waals surface area contributed by atoms with Crippen molar-refractivity contribution in [3.05, 3.63) is 30.3 Å². The average Bonchev–Trinajstić information content (AvgIpc) is 2.66. The van der Waals surface area contributed by atoms with Crippen molar-refractivity contribution < 1.29 is 32.6 Å². The summed E-state index contributed by atoms with van der Waals surface area (Å²) in [6, 6.07) is 6.78. The standard InChI is InChI=1S/C21H31N4O7P/c1-13(2)28-18(26)16(7)25-33(27,31-17-11-9-8-10-12-17)32-21-23-19(29-14(3)4)22-20(24-21)30-15(5)6/h8-16H,1-7H3,(H,25,27)/t16-,33-/m0/s1. The number of rotatable bonds is 12. The van der Waals surface area contributed by atoms with Gasteiger partial charge in [0.2, 0.25) is 0 Å². The van der Waals surface area contributed by atoms with Gasteiger partial charge in [-0.1, -0.05) is 18.2 Å². The highest BCUT2D eigenvalue weighted by atomic mass is 31.2. The molecule has 0 aliphatic rings. The highest BCUT2D eigenvalue weighted by Crippen LogP contribution is 2.44. The molecule has 12 heteroatoms. The van der Waals surface area contributed by atoms with Gasteiger partial charge in [-0.05, 0) is 60.6 Å². The zero-order valence-electron chi connectivity index (χ0n) is 19.8. The molecule has 0 saturated heterocycles. The van der Waals surface area contributed by atoms with Crippen LogP contribution in [0, 0.1) is 0 Å². The van der Waals surface area contributed by atoms with Crippen molar-refractivity contribution in [3.8, 4) is 23.8 Å². The number of hydrogen-bond acceptors (Lipinski definition) is 10. The van der Waals surface area contributed by atoms with Crippen LogP contribution in [0.15, 0.2) is 30.3 Å². The van der Waals surface area contributed by atoms with E-state index in [9.17, 15) is 9.36 Å². The molecule has 33 heavy (non-hydrogen) atoms. The van der Waals surface area contributed by atoms with Gasteiger partial charge in [-0.3, -0.25) is 4.79 Å². The van der Waals surface area contributed by atoms with Gasteiger partial charge in [0.1, 0.15) is 11.8 Å². The summed E-state index contributed by atoms with van der Waals surface area (Å²) in [4.78, 5) is 24.5. The number of para-hydroxylation sites is 1. The van der Waals surface area contributed by atoms with Gasteiger partial charge in [-0.2, -0.15) is 5.09 Å². The summed E-state index contributed by atoms with van der Waals surface area (Å²) in [5, 5.41) is 2.57. The van der Waals surface area contributed by atoms with Crippen LogP contribution in [0.5, 0.6) is 23.8 Å². The first kappa shape index (κ1) is 26.3. The number of carbonyl (C=O) groups is 1. The molecular formula is C21H31N4O7P. The van der Waals surface area contributed by atoms with Crippen molar-refractivity contribution in [1.29, 1.82) is 0 Å². The lowest BCUT2D eigenvalue weighted by Crippen LogP contribution is -2.37. The van der Waals surface area contributed by atoms with Gasteiger partial charge < -0.3 is 23.3 Å². The fourth-order valence-corrected chi connectivity index (χ4v) is 3.73. The van der Waals surface area contributed by atoms with Crippen LogP contribution in [0.25, 0.3) is 0 Å². The summed E-state index contributed by atoms with van der Waals surface area (Å²) in [5.41, 5.74) is 0. The molecule has 0 unspecified atom stereocenters. The molecule has 11 nitrogen and oxygen atoms in total. The average molecular weight is 482 g/mol. The predicted octanol–water partition coefficient (Wildman–Crippen LogP) is 3.94. The number of benzene rings is 1. The van der Waals surface area contributed by atoms with Crippen molar-refractivity contribution in [2.45, 2.75) is 72.8 Å². The molecule has 0 spiro atoms. The third-order valence-corrected chi connectivity index (χ3v) is 5.04. The summed E-state index contributed by atoms with van der Waals surface area (Å²) in [6.45, 7) is 12.1. The second kappa shape index (κ2) is 11.8. The Morgan fingerprint density at radius 2 is 1.30 bits per heavy atom. The number of ether oxygens (including phenoxy) is 3. The molecule has 1 aromatic heterocycles. The zero-order chi connectivity index (χ0) is 24.6. The second-order valence-electron chi connectivity index (χ2n) is 7.85. The number of nitrogens with one attached hydrogen (secondary N) is 1. The summed E-state index contributed by atoms with van der Waals surface area (Å²) < 4.78 is 41.1. The lowest BCUT2D eigenvalue weighted by Gasteiger charge is -2.23. The maximum absolute atomic E-state index is 13.7. The minimum absolute atomic E-state index is 0.0795. The van der Waals surface area contributed by atoms with Crippen LogP contribution in [-0.2, 0) is 14.1 Å². The molecule has 0 amide bonds. The van der Waals surface area contributed by atoms with Gasteiger partial charge >= 0.3 is 31.7 Å². The van der Waals surface area contributed by atoms with Crippen molar-refractivity contribution >= 4 is 13.7 Å². The Hall–Kier alpha value is -2.91. The van der Waals surface area contributed by atoms with Gasteiger partial charge in [0.25, 0.3) is 0 Å². The molecule has 2 aromatic rings. The molecule has 1 heterocycles. The Kier molecular flexibility index (Phi) is 9.43. The third kappa shape index (κ3) is 9.23. The van der Waals surface area contributed by atoms with Crippen LogP contribution < -0.4 is 23.6 Å². The van der Waals surface area contributed by atoms with Crippen LogP contribution in [-0.4, -0.2) is 45.3 Å². The van der Waals surface area contributed by atoms with E-state index in [1.54, 1.807) is 71.9 Å². The molecule has 0 fully saturated rings. The maximum Gasteiger partial charge on any atom is 0.516 e. The molecule has 0 saturated carbocycles. The fourth-order valence-electron chi connectivity index (χ4n) is 2.31. The van der Waals surface area contributed by atoms with E-state index < -0.39 is 19.8 Å². The first-order valence-electron chi connectivity index (χ1n) is 10.6. The monoisotopic (exact) mass is 482 g/mol. The zero-order valence-corrected chi connectivity index (χ0v) is 20.7. The number of esters is 1. The van der Waals surface area contributed by atoms with Gasteiger partial charge in [0, 0.05) is 0 Å². The van der Waals surface area contributed by atoms with Crippen LogP contribution >= 0.6 is 7.75 Å². The molecule has 0 radical (unpaired) electrons. The first-order valence-corrected chi connectivity index (χ1v) is 12.1. The van der Waals surface area contributed by atoms with Gasteiger partial charge in [0.15, 0.2) is 0 Å². The van der Waals surface area contributed by atoms with E-state index in [1.165, 1.54) is 6.92 Å². The topological polar surface area (TPSA) is 131 Å². The summed E-state index contributed by atoms with van der Waals surface area (Å²) >= 11 is 0. The highest BCUT2D eigenvalue weighted by molar-refractivity contribution is 7.52. The lowest BCUT2D eigenvalue weighted by molar-refractivity contribution is -0.149. The highest BCUT2D eigenvalue weighted by Gasteiger charge is 2.35. The molecule has 182 valence electrons. The van der Waals surface area contributed by atoms with E-state index in [1.807, 2.05) is 0 Å². The Balaban J connectivity index is 2.38. The third-order valence-electron chi connectivity index (χ3n) is 3.48. The van der Waals surface area contributed by atoms with E-state index in [0.717, 1.165) is 0 Å². The van der Waals surface area contributed by atoms with Crippen molar-refractivity contribution in [2.75, 3.05) is 0 Å². The number of nitrogens with zero attached hydrogens (tertiary/aromatic N) is 3. The molecule has 0 aliphatic heterocycles. The lowest BCUT2D eigenvalue weighted by atomic mass is 10.3. The van der Waals surface area contributed by atoms with Crippen molar-refractivity contribution in [2.24, 2.45) is 0 Å². The maximum atomic E-state index is 13.7. The minimum atomic E-state index is -4.24. The van der Waals surface area contributed by atoms with Gasteiger partial charge in [0.05, 0.1) is 18.3 Å². The Bertz CT molecular complexity index is 929.